The number of carboxylic acids is 1. The van der Waals surface area contributed by atoms with Crippen LogP contribution in [0.4, 0.5) is 0 Å². The van der Waals surface area contributed by atoms with E-state index in [1.165, 1.54) is 0 Å². The number of thiol groups is 1. The molecule has 3 unspecified atom stereocenters. The topological polar surface area (TPSA) is 171 Å². The average Bonchev–Trinajstić information content (AvgIpc) is 2.69. The van der Waals surface area contributed by atoms with E-state index < -0.39 is 48.4 Å². The maximum Gasteiger partial charge on any atom is 0.328 e. The summed E-state index contributed by atoms with van der Waals surface area (Å²) in [4.78, 5) is 47.4. The molecule has 154 valence electrons. The highest BCUT2D eigenvalue weighted by molar-refractivity contribution is 7.80. The van der Waals surface area contributed by atoms with E-state index in [1.807, 2.05) is 0 Å². The Morgan fingerprint density at radius 1 is 0.964 bits per heavy atom. The molecule has 0 aliphatic heterocycles. The summed E-state index contributed by atoms with van der Waals surface area (Å²) in [5, 5.41) is 24.9. The summed E-state index contributed by atoms with van der Waals surface area (Å²) in [6, 6.07) is 5.23. The lowest BCUT2D eigenvalue weighted by atomic mass is 10.0. The molecule has 3 atom stereocenters. The SMILES string of the molecule is NCC(=O)NC(Cc1ccccc1)C(=O)NC(CS)C(=O)NC(CO)C(=O)O. The van der Waals surface area contributed by atoms with Crippen LogP contribution in [-0.2, 0) is 25.6 Å². The fourth-order valence-corrected chi connectivity index (χ4v) is 2.49. The van der Waals surface area contributed by atoms with Gasteiger partial charge >= 0.3 is 5.97 Å². The number of amides is 3. The summed E-state index contributed by atoms with van der Waals surface area (Å²) in [6.07, 6.45) is 0.160. The van der Waals surface area contributed by atoms with Gasteiger partial charge in [0.25, 0.3) is 0 Å². The predicted molar refractivity (Wildman–Crippen MR) is 104 cm³/mol. The van der Waals surface area contributed by atoms with Gasteiger partial charge in [-0.15, -0.1) is 0 Å². The number of carbonyl (C=O) groups is 4. The molecule has 0 saturated heterocycles. The Balaban J connectivity index is 2.86. The number of hydrogen-bond donors (Lipinski definition) is 7. The summed E-state index contributed by atoms with van der Waals surface area (Å²) in [7, 11) is 0. The number of aliphatic hydroxyl groups excluding tert-OH is 1. The second-order valence-corrected chi connectivity index (χ2v) is 6.20. The maximum absolute atomic E-state index is 12.6. The number of aliphatic hydroxyl groups is 1. The van der Waals surface area contributed by atoms with E-state index in [9.17, 15) is 19.2 Å². The number of nitrogens with one attached hydrogen (secondary N) is 3. The highest BCUT2D eigenvalue weighted by Gasteiger charge is 2.28. The first kappa shape index (κ1) is 23.4. The van der Waals surface area contributed by atoms with Crippen molar-refractivity contribution in [1.82, 2.24) is 16.0 Å². The Morgan fingerprint density at radius 3 is 2.04 bits per heavy atom. The van der Waals surface area contributed by atoms with Crippen molar-refractivity contribution in [2.75, 3.05) is 18.9 Å². The molecular weight excluding hydrogens is 388 g/mol. The Bertz CT molecular complexity index is 687. The minimum absolute atomic E-state index is 0.127. The van der Waals surface area contributed by atoms with Crippen molar-refractivity contribution in [1.29, 1.82) is 0 Å². The number of carbonyl (C=O) groups excluding carboxylic acids is 3. The molecule has 10 nitrogen and oxygen atoms in total. The Morgan fingerprint density at radius 2 is 1.54 bits per heavy atom. The Labute approximate surface area is 167 Å². The van der Waals surface area contributed by atoms with Crippen LogP contribution < -0.4 is 21.7 Å². The molecule has 0 aliphatic rings. The van der Waals surface area contributed by atoms with Crippen molar-refractivity contribution in [3.8, 4) is 0 Å². The standard InChI is InChI=1S/C17H24N4O6S/c18-7-14(23)19-11(6-10-4-2-1-3-5-10)15(24)21-13(9-28)16(25)20-12(8-22)17(26)27/h1-5,11-13,22,28H,6-9,18H2,(H,19,23)(H,20,25)(H,21,24)(H,26,27). The third kappa shape index (κ3) is 7.55. The predicted octanol–water partition coefficient (Wildman–Crippen LogP) is -2.35. The molecule has 3 amide bonds. The van der Waals surface area contributed by atoms with Crippen LogP contribution >= 0.6 is 12.6 Å². The first-order chi connectivity index (χ1) is 13.3. The molecule has 1 aromatic rings. The number of benzene rings is 1. The monoisotopic (exact) mass is 412 g/mol. The normalized spacial score (nSPS) is 13.7. The summed E-state index contributed by atoms with van der Waals surface area (Å²) in [5.74, 6) is -3.58. The average molecular weight is 412 g/mol. The van der Waals surface area contributed by atoms with Crippen molar-refractivity contribution >= 4 is 36.3 Å². The van der Waals surface area contributed by atoms with Crippen molar-refractivity contribution in [2.45, 2.75) is 24.5 Å². The van der Waals surface area contributed by atoms with E-state index in [-0.39, 0.29) is 18.7 Å². The third-order valence-electron chi connectivity index (χ3n) is 3.73. The molecule has 0 radical (unpaired) electrons. The summed E-state index contributed by atoms with van der Waals surface area (Å²) < 4.78 is 0. The molecule has 0 spiro atoms. The van der Waals surface area contributed by atoms with Crippen LogP contribution in [0.3, 0.4) is 0 Å². The van der Waals surface area contributed by atoms with Crippen LogP contribution in [0.1, 0.15) is 5.56 Å². The molecule has 0 aliphatic carbocycles. The highest BCUT2D eigenvalue weighted by atomic mass is 32.1. The zero-order chi connectivity index (χ0) is 21.1. The van der Waals surface area contributed by atoms with E-state index in [4.69, 9.17) is 15.9 Å². The van der Waals surface area contributed by atoms with Crippen LogP contribution in [0, 0.1) is 0 Å². The van der Waals surface area contributed by atoms with Gasteiger partial charge in [0.15, 0.2) is 0 Å². The van der Waals surface area contributed by atoms with Gasteiger partial charge in [0, 0.05) is 12.2 Å². The fourth-order valence-electron chi connectivity index (χ4n) is 2.24. The van der Waals surface area contributed by atoms with Gasteiger partial charge in [0.2, 0.25) is 17.7 Å². The van der Waals surface area contributed by atoms with E-state index in [0.717, 1.165) is 5.56 Å². The van der Waals surface area contributed by atoms with E-state index in [1.54, 1.807) is 30.3 Å². The third-order valence-corrected chi connectivity index (χ3v) is 4.10. The van der Waals surface area contributed by atoms with Crippen LogP contribution in [0.2, 0.25) is 0 Å². The molecule has 0 saturated carbocycles. The number of aliphatic carboxylic acids is 1. The summed E-state index contributed by atoms with van der Waals surface area (Å²) in [6.45, 7) is -1.12. The largest absolute Gasteiger partial charge is 0.480 e. The minimum Gasteiger partial charge on any atom is -0.480 e. The van der Waals surface area contributed by atoms with Crippen LogP contribution in [-0.4, -0.2) is 70.9 Å². The van der Waals surface area contributed by atoms with Gasteiger partial charge < -0.3 is 31.9 Å². The number of hydrogen-bond acceptors (Lipinski definition) is 7. The van der Waals surface area contributed by atoms with Crippen molar-refractivity contribution < 1.29 is 29.4 Å². The first-order valence-electron chi connectivity index (χ1n) is 8.41. The van der Waals surface area contributed by atoms with E-state index in [0.29, 0.717) is 0 Å². The lowest BCUT2D eigenvalue weighted by molar-refractivity contribution is -0.143. The van der Waals surface area contributed by atoms with E-state index >= 15 is 0 Å². The lowest BCUT2D eigenvalue weighted by Crippen LogP contribution is -2.57. The number of rotatable bonds is 11. The molecule has 7 N–H and O–H groups in total. The molecule has 0 heterocycles. The van der Waals surface area contributed by atoms with Crippen molar-refractivity contribution in [3.05, 3.63) is 35.9 Å². The molecule has 0 fully saturated rings. The molecule has 0 aromatic heterocycles. The number of carboxylic acid groups (broad SMARTS) is 1. The Hall–Kier alpha value is -2.63. The zero-order valence-electron chi connectivity index (χ0n) is 15.0. The van der Waals surface area contributed by atoms with Gasteiger partial charge in [0.1, 0.15) is 18.1 Å². The quantitative estimate of drug-likeness (QED) is 0.199. The van der Waals surface area contributed by atoms with Crippen molar-refractivity contribution in [2.24, 2.45) is 5.73 Å². The van der Waals surface area contributed by atoms with Gasteiger partial charge in [-0.05, 0) is 5.56 Å². The van der Waals surface area contributed by atoms with Gasteiger partial charge in [-0.25, -0.2) is 4.79 Å². The smallest absolute Gasteiger partial charge is 0.328 e. The minimum atomic E-state index is -1.51. The lowest BCUT2D eigenvalue weighted by Gasteiger charge is -2.23. The molecule has 1 aromatic carbocycles. The van der Waals surface area contributed by atoms with Crippen LogP contribution in [0.25, 0.3) is 0 Å². The van der Waals surface area contributed by atoms with Gasteiger partial charge in [-0.2, -0.15) is 12.6 Å². The highest BCUT2D eigenvalue weighted by Crippen LogP contribution is 2.04. The second kappa shape index (κ2) is 12.0. The maximum atomic E-state index is 12.6. The summed E-state index contributed by atoms with van der Waals surface area (Å²) in [5.41, 5.74) is 6.06. The molecule has 28 heavy (non-hydrogen) atoms. The van der Waals surface area contributed by atoms with Gasteiger partial charge in [0.05, 0.1) is 13.2 Å². The molecule has 11 heteroatoms. The van der Waals surface area contributed by atoms with Gasteiger partial charge in [-0.3, -0.25) is 14.4 Å². The second-order valence-electron chi connectivity index (χ2n) is 5.84. The number of nitrogens with two attached hydrogens (primary N) is 1. The van der Waals surface area contributed by atoms with Crippen LogP contribution in [0.5, 0.6) is 0 Å². The van der Waals surface area contributed by atoms with Crippen LogP contribution in [0.15, 0.2) is 30.3 Å². The molecular formula is C17H24N4O6S. The Kier molecular flexibility index (Phi) is 9.99. The van der Waals surface area contributed by atoms with E-state index in [2.05, 4.69) is 28.6 Å². The first-order valence-corrected chi connectivity index (χ1v) is 9.04. The molecule has 0 bridgehead atoms. The summed E-state index contributed by atoms with van der Waals surface area (Å²) >= 11 is 4.00. The zero-order valence-corrected chi connectivity index (χ0v) is 15.9. The fraction of sp³-hybridized carbons (Fsp3) is 0.412. The van der Waals surface area contributed by atoms with Crippen molar-refractivity contribution in [3.63, 3.8) is 0 Å². The molecule has 1 rings (SSSR count). The van der Waals surface area contributed by atoms with Gasteiger partial charge in [-0.1, -0.05) is 30.3 Å².